The summed E-state index contributed by atoms with van der Waals surface area (Å²) in [5.41, 5.74) is -0.953. The highest BCUT2D eigenvalue weighted by Crippen LogP contribution is 2.18. The Labute approximate surface area is 119 Å². The number of aliphatic carboxylic acids is 1. The first kappa shape index (κ1) is 16.2. The van der Waals surface area contributed by atoms with Gasteiger partial charge in [-0.15, -0.1) is 0 Å². The van der Waals surface area contributed by atoms with Crippen molar-refractivity contribution in [2.24, 2.45) is 5.41 Å². The van der Waals surface area contributed by atoms with Crippen molar-refractivity contribution in [1.29, 1.82) is 0 Å². The average molecular weight is 281 g/mol. The number of amides is 1. The Hall–Kier alpha value is -1.85. The molecule has 0 aliphatic heterocycles. The van der Waals surface area contributed by atoms with E-state index in [1.807, 2.05) is 10.8 Å². The fourth-order valence-electron chi connectivity index (χ4n) is 1.86. The molecular weight excluding hydrogens is 258 g/mol. The molecule has 0 aliphatic carbocycles. The SMILES string of the molecule is CCCC(CC(=O)NCC(C)(C)C(=O)O)n1ccnc1. The van der Waals surface area contributed by atoms with Crippen molar-refractivity contribution < 1.29 is 14.7 Å². The first-order valence-corrected chi connectivity index (χ1v) is 6.84. The Kier molecular flexibility index (Phi) is 5.73. The standard InChI is InChI=1S/C14H23N3O3/c1-4-5-11(17-7-6-15-10-17)8-12(18)16-9-14(2,3)13(19)20/h6-7,10-11H,4-5,8-9H2,1-3H3,(H,16,18)(H,19,20). The smallest absolute Gasteiger partial charge is 0.310 e. The lowest BCUT2D eigenvalue weighted by Gasteiger charge is -2.21. The number of nitrogens with one attached hydrogen (secondary N) is 1. The van der Waals surface area contributed by atoms with Crippen molar-refractivity contribution in [3.63, 3.8) is 0 Å². The summed E-state index contributed by atoms with van der Waals surface area (Å²) < 4.78 is 1.92. The normalized spacial score (nSPS) is 12.9. The molecule has 1 atom stereocenters. The molecule has 0 spiro atoms. The third-order valence-electron chi connectivity index (χ3n) is 3.30. The summed E-state index contributed by atoms with van der Waals surface area (Å²) in [4.78, 5) is 26.9. The van der Waals surface area contributed by atoms with Gasteiger partial charge >= 0.3 is 5.97 Å². The summed E-state index contributed by atoms with van der Waals surface area (Å²) in [7, 11) is 0. The number of rotatable bonds is 8. The molecule has 0 fully saturated rings. The van der Waals surface area contributed by atoms with Crippen LogP contribution in [0, 0.1) is 5.41 Å². The number of carbonyl (C=O) groups excluding carboxylic acids is 1. The van der Waals surface area contributed by atoms with Crippen LogP contribution in [0.1, 0.15) is 46.1 Å². The quantitative estimate of drug-likeness (QED) is 0.761. The molecule has 1 amide bonds. The minimum Gasteiger partial charge on any atom is -0.481 e. The van der Waals surface area contributed by atoms with E-state index in [1.54, 1.807) is 26.4 Å². The molecule has 0 saturated carbocycles. The van der Waals surface area contributed by atoms with Gasteiger partial charge in [0.25, 0.3) is 0 Å². The lowest BCUT2D eigenvalue weighted by Crippen LogP contribution is -2.39. The van der Waals surface area contributed by atoms with E-state index in [-0.39, 0.29) is 18.5 Å². The lowest BCUT2D eigenvalue weighted by molar-refractivity contribution is -0.146. The van der Waals surface area contributed by atoms with Crippen LogP contribution in [0.4, 0.5) is 0 Å². The molecule has 1 aromatic heterocycles. The van der Waals surface area contributed by atoms with E-state index in [0.717, 1.165) is 12.8 Å². The van der Waals surface area contributed by atoms with E-state index < -0.39 is 11.4 Å². The van der Waals surface area contributed by atoms with E-state index in [4.69, 9.17) is 5.11 Å². The zero-order valence-electron chi connectivity index (χ0n) is 12.3. The van der Waals surface area contributed by atoms with Crippen LogP contribution in [0.15, 0.2) is 18.7 Å². The second kappa shape index (κ2) is 7.07. The highest BCUT2D eigenvalue weighted by Gasteiger charge is 2.27. The van der Waals surface area contributed by atoms with Crippen molar-refractivity contribution in [3.8, 4) is 0 Å². The number of carboxylic acids is 1. The molecule has 0 saturated heterocycles. The summed E-state index contributed by atoms with van der Waals surface area (Å²) in [6.07, 6.45) is 7.42. The lowest BCUT2D eigenvalue weighted by atomic mass is 9.94. The Bertz CT molecular complexity index is 441. The minimum absolute atomic E-state index is 0.0652. The Balaban J connectivity index is 2.53. The first-order valence-electron chi connectivity index (χ1n) is 6.84. The highest BCUT2D eigenvalue weighted by atomic mass is 16.4. The number of hydrogen-bond donors (Lipinski definition) is 2. The molecule has 0 radical (unpaired) electrons. The largest absolute Gasteiger partial charge is 0.481 e. The Morgan fingerprint density at radius 3 is 2.65 bits per heavy atom. The third-order valence-corrected chi connectivity index (χ3v) is 3.30. The summed E-state index contributed by atoms with van der Waals surface area (Å²) in [5.74, 6) is -1.05. The molecule has 1 heterocycles. The number of hydrogen-bond acceptors (Lipinski definition) is 3. The van der Waals surface area contributed by atoms with E-state index in [0.29, 0.717) is 6.42 Å². The molecule has 6 heteroatoms. The van der Waals surface area contributed by atoms with Crippen LogP contribution < -0.4 is 5.32 Å². The highest BCUT2D eigenvalue weighted by molar-refractivity contribution is 5.78. The van der Waals surface area contributed by atoms with Crippen LogP contribution in [0.25, 0.3) is 0 Å². The molecular formula is C14H23N3O3. The number of carboxylic acid groups (broad SMARTS) is 1. The fourth-order valence-corrected chi connectivity index (χ4v) is 1.86. The van der Waals surface area contributed by atoms with Gasteiger partial charge in [-0.2, -0.15) is 0 Å². The summed E-state index contributed by atoms with van der Waals surface area (Å²) in [6, 6.07) is 0.0652. The van der Waals surface area contributed by atoms with Gasteiger partial charge in [0, 0.05) is 31.4 Å². The van der Waals surface area contributed by atoms with Crippen molar-refractivity contribution in [2.75, 3.05) is 6.54 Å². The fraction of sp³-hybridized carbons (Fsp3) is 0.643. The van der Waals surface area contributed by atoms with Crippen LogP contribution in [-0.4, -0.2) is 33.1 Å². The maximum absolute atomic E-state index is 12.0. The topological polar surface area (TPSA) is 84.2 Å². The maximum Gasteiger partial charge on any atom is 0.310 e. The van der Waals surface area contributed by atoms with Gasteiger partial charge in [-0.05, 0) is 20.3 Å². The van der Waals surface area contributed by atoms with Gasteiger partial charge in [0.05, 0.1) is 11.7 Å². The van der Waals surface area contributed by atoms with Crippen LogP contribution in [0.3, 0.4) is 0 Å². The average Bonchev–Trinajstić information content (AvgIpc) is 2.89. The summed E-state index contributed by atoms with van der Waals surface area (Å²) in [5, 5.41) is 11.7. The third kappa shape index (κ3) is 4.68. The van der Waals surface area contributed by atoms with Gasteiger partial charge < -0.3 is 15.0 Å². The second-order valence-corrected chi connectivity index (χ2v) is 5.62. The molecule has 1 aromatic rings. The minimum atomic E-state index is -0.953. The predicted octanol–water partition coefficient (Wildman–Crippen LogP) is 1.84. The van der Waals surface area contributed by atoms with Gasteiger partial charge in [-0.3, -0.25) is 9.59 Å². The van der Waals surface area contributed by atoms with Crippen molar-refractivity contribution in [3.05, 3.63) is 18.7 Å². The molecule has 1 rings (SSSR count). The van der Waals surface area contributed by atoms with Gasteiger partial charge in [0.2, 0.25) is 5.91 Å². The molecule has 0 bridgehead atoms. The summed E-state index contributed by atoms with van der Waals surface area (Å²) in [6.45, 7) is 5.38. The number of nitrogens with zero attached hydrogens (tertiary/aromatic N) is 2. The predicted molar refractivity (Wildman–Crippen MR) is 75.2 cm³/mol. The van der Waals surface area contributed by atoms with E-state index in [2.05, 4.69) is 17.2 Å². The molecule has 0 aliphatic rings. The molecule has 0 aromatic carbocycles. The molecule has 1 unspecified atom stereocenters. The molecule has 2 N–H and O–H groups in total. The Morgan fingerprint density at radius 1 is 1.45 bits per heavy atom. The first-order chi connectivity index (χ1) is 9.36. The zero-order chi connectivity index (χ0) is 15.2. The van der Waals surface area contributed by atoms with Crippen molar-refractivity contribution in [1.82, 2.24) is 14.9 Å². The van der Waals surface area contributed by atoms with Crippen molar-refractivity contribution in [2.45, 2.75) is 46.1 Å². The molecule has 6 nitrogen and oxygen atoms in total. The Morgan fingerprint density at radius 2 is 2.15 bits per heavy atom. The number of aromatic nitrogens is 2. The van der Waals surface area contributed by atoms with Gasteiger partial charge in [0.1, 0.15) is 0 Å². The maximum atomic E-state index is 12.0. The van der Waals surface area contributed by atoms with Gasteiger partial charge in [-0.25, -0.2) is 4.98 Å². The van der Waals surface area contributed by atoms with E-state index >= 15 is 0 Å². The zero-order valence-corrected chi connectivity index (χ0v) is 12.3. The number of carbonyl (C=O) groups is 2. The number of imidazole rings is 1. The molecule has 20 heavy (non-hydrogen) atoms. The van der Waals surface area contributed by atoms with E-state index in [9.17, 15) is 9.59 Å². The van der Waals surface area contributed by atoms with Crippen LogP contribution in [0.5, 0.6) is 0 Å². The van der Waals surface area contributed by atoms with E-state index in [1.165, 1.54) is 0 Å². The van der Waals surface area contributed by atoms with Gasteiger partial charge in [0.15, 0.2) is 0 Å². The van der Waals surface area contributed by atoms with Gasteiger partial charge in [-0.1, -0.05) is 13.3 Å². The van der Waals surface area contributed by atoms with Crippen molar-refractivity contribution >= 4 is 11.9 Å². The molecule has 112 valence electrons. The second-order valence-electron chi connectivity index (χ2n) is 5.62. The monoisotopic (exact) mass is 281 g/mol. The summed E-state index contributed by atoms with van der Waals surface area (Å²) >= 11 is 0. The van der Waals surface area contributed by atoms with Crippen LogP contribution in [0.2, 0.25) is 0 Å². The van der Waals surface area contributed by atoms with Crippen LogP contribution >= 0.6 is 0 Å². The van der Waals surface area contributed by atoms with Crippen LogP contribution in [-0.2, 0) is 9.59 Å².